The van der Waals surface area contributed by atoms with Gasteiger partial charge in [0.2, 0.25) is 5.91 Å². The molecule has 3 nitrogen and oxygen atoms in total. The molecule has 3 heteroatoms. The van der Waals surface area contributed by atoms with Gasteiger partial charge in [-0.1, -0.05) is 13.8 Å². The molecule has 13 heavy (non-hydrogen) atoms. The van der Waals surface area contributed by atoms with Gasteiger partial charge in [0, 0.05) is 25.0 Å². The van der Waals surface area contributed by atoms with Gasteiger partial charge in [0.15, 0.2) is 0 Å². The highest BCUT2D eigenvalue weighted by Gasteiger charge is 2.38. The molecule has 0 aromatic heterocycles. The lowest BCUT2D eigenvalue weighted by atomic mass is 9.99. The van der Waals surface area contributed by atoms with E-state index in [0.29, 0.717) is 6.04 Å². The first kappa shape index (κ1) is 9.00. The summed E-state index contributed by atoms with van der Waals surface area (Å²) < 4.78 is 0. The highest BCUT2D eigenvalue weighted by molar-refractivity contribution is 5.78. The predicted octanol–water partition coefficient (Wildman–Crippen LogP) is 0.463. The molecule has 2 heterocycles. The molecule has 0 saturated carbocycles. The van der Waals surface area contributed by atoms with Crippen LogP contribution in [0.2, 0.25) is 0 Å². The van der Waals surface area contributed by atoms with Crippen molar-refractivity contribution >= 4 is 5.91 Å². The first-order valence-electron chi connectivity index (χ1n) is 5.19. The summed E-state index contributed by atoms with van der Waals surface area (Å²) in [6, 6.07) is 0.434. The van der Waals surface area contributed by atoms with Crippen molar-refractivity contribution < 1.29 is 4.79 Å². The third kappa shape index (κ3) is 1.70. The standard InChI is InChI=1S/C10H18N2O/c1-7(2)10(13)11-9-6-12-4-3-8(9)5-12/h7-9H,3-6H2,1-2H3,(H,11,13)/t8-,9-/m0/s1. The van der Waals surface area contributed by atoms with Crippen molar-refractivity contribution in [3.05, 3.63) is 0 Å². The fourth-order valence-corrected chi connectivity index (χ4v) is 2.30. The van der Waals surface area contributed by atoms with E-state index in [1.54, 1.807) is 0 Å². The zero-order chi connectivity index (χ0) is 9.42. The second kappa shape index (κ2) is 3.29. The number of carbonyl (C=O) groups is 1. The molecule has 0 aromatic carbocycles. The van der Waals surface area contributed by atoms with Gasteiger partial charge >= 0.3 is 0 Å². The maximum absolute atomic E-state index is 11.4. The van der Waals surface area contributed by atoms with E-state index in [9.17, 15) is 4.79 Å². The summed E-state index contributed by atoms with van der Waals surface area (Å²) >= 11 is 0. The van der Waals surface area contributed by atoms with Gasteiger partial charge in [-0.25, -0.2) is 0 Å². The summed E-state index contributed by atoms with van der Waals surface area (Å²) in [6.07, 6.45) is 1.27. The van der Waals surface area contributed by atoms with E-state index in [-0.39, 0.29) is 11.8 Å². The molecule has 1 unspecified atom stereocenters. The van der Waals surface area contributed by atoms with Crippen molar-refractivity contribution in [3.63, 3.8) is 0 Å². The van der Waals surface area contributed by atoms with Gasteiger partial charge in [-0.15, -0.1) is 0 Å². The number of hydrogen-bond acceptors (Lipinski definition) is 2. The zero-order valence-electron chi connectivity index (χ0n) is 8.42. The quantitative estimate of drug-likeness (QED) is 0.673. The molecule has 0 aromatic rings. The second-order valence-corrected chi connectivity index (χ2v) is 4.58. The van der Waals surface area contributed by atoms with Gasteiger partial charge in [0.25, 0.3) is 0 Å². The Morgan fingerprint density at radius 1 is 1.46 bits per heavy atom. The molecule has 0 radical (unpaired) electrons. The van der Waals surface area contributed by atoms with Crippen LogP contribution in [0.4, 0.5) is 0 Å². The zero-order valence-corrected chi connectivity index (χ0v) is 8.42. The van der Waals surface area contributed by atoms with E-state index in [4.69, 9.17) is 0 Å². The Morgan fingerprint density at radius 2 is 2.23 bits per heavy atom. The summed E-state index contributed by atoms with van der Waals surface area (Å²) in [7, 11) is 0. The highest BCUT2D eigenvalue weighted by Crippen LogP contribution is 2.27. The number of amides is 1. The summed E-state index contributed by atoms with van der Waals surface area (Å²) in [5.74, 6) is 1.05. The number of nitrogens with one attached hydrogen (secondary N) is 1. The highest BCUT2D eigenvalue weighted by atomic mass is 16.1. The van der Waals surface area contributed by atoms with Gasteiger partial charge in [-0.2, -0.15) is 0 Å². The van der Waals surface area contributed by atoms with Crippen LogP contribution in [-0.2, 0) is 4.79 Å². The minimum absolute atomic E-state index is 0.120. The van der Waals surface area contributed by atoms with Crippen LogP contribution in [0.15, 0.2) is 0 Å². The van der Waals surface area contributed by atoms with Gasteiger partial charge in [0.1, 0.15) is 0 Å². The average molecular weight is 182 g/mol. The number of carbonyl (C=O) groups excluding carboxylic acids is 1. The van der Waals surface area contributed by atoms with Gasteiger partial charge in [-0.3, -0.25) is 4.79 Å². The number of hydrogen-bond donors (Lipinski definition) is 1. The Balaban J connectivity index is 1.86. The fourth-order valence-electron chi connectivity index (χ4n) is 2.30. The van der Waals surface area contributed by atoms with E-state index >= 15 is 0 Å². The third-order valence-electron chi connectivity index (χ3n) is 3.18. The van der Waals surface area contributed by atoms with Crippen LogP contribution in [0.3, 0.4) is 0 Å². The van der Waals surface area contributed by atoms with E-state index in [1.165, 1.54) is 19.5 Å². The van der Waals surface area contributed by atoms with E-state index < -0.39 is 0 Å². The predicted molar refractivity (Wildman–Crippen MR) is 51.3 cm³/mol. The molecule has 0 aliphatic carbocycles. The van der Waals surface area contributed by atoms with Gasteiger partial charge in [-0.05, 0) is 18.9 Å². The molecule has 2 saturated heterocycles. The van der Waals surface area contributed by atoms with Crippen LogP contribution >= 0.6 is 0 Å². The SMILES string of the molecule is CC(C)C(=O)N[C@H]1CN2CC[C@H]1C2. The first-order valence-corrected chi connectivity index (χ1v) is 5.19. The summed E-state index contributed by atoms with van der Waals surface area (Å²) in [4.78, 5) is 13.9. The van der Waals surface area contributed by atoms with Crippen molar-refractivity contribution in [1.29, 1.82) is 0 Å². The van der Waals surface area contributed by atoms with Crippen LogP contribution in [0, 0.1) is 11.8 Å². The fraction of sp³-hybridized carbons (Fsp3) is 0.900. The van der Waals surface area contributed by atoms with Crippen LogP contribution in [0.1, 0.15) is 20.3 Å². The minimum Gasteiger partial charge on any atom is -0.352 e. The number of piperidine rings is 1. The smallest absolute Gasteiger partial charge is 0.222 e. The molecular formula is C10H18N2O. The van der Waals surface area contributed by atoms with Crippen molar-refractivity contribution in [2.75, 3.05) is 19.6 Å². The molecular weight excluding hydrogens is 164 g/mol. The monoisotopic (exact) mass is 182 g/mol. The molecule has 2 fully saturated rings. The van der Waals surface area contributed by atoms with Crippen LogP contribution < -0.4 is 5.32 Å². The summed E-state index contributed by atoms with van der Waals surface area (Å²) in [6.45, 7) is 7.40. The van der Waals surface area contributed by atoms with E-state index in [0.717, 1.165) is 12.5 Å². The third-order valence-corrected chi connectivity index (χ3v) is 3.18. The van der Waals surface area contributed by atoms with Crippen LogP contribution in [0.5, 0.6) is 0 Å². The van der Waals surface area contributed by atoms with Crippen molar-refractivity contribution in [2.24, 2.45) is 11.8 Å². The first-order chi connectivity index (χ1) is 6.16. The van der Waals surface area contributed by atoms with Gasteiger partial charge < -0.3 is 10.2 Å². The normalized spacial score (nSPS) is 37.0. The summed E-state index contributed by atoms with van der Waals surface area (Å²) in [5.41, 5.74) is 0. The molecule has 2 rings (SSSR count). The largest absolute Gasteiger partial charge is 0.352 e. The van der Waals surface area contributed by atoms with E-state index in [2.05, 4.69) is 10.2 Å². The van der Waals surface area contributed by atoms with Crippen molar-refractivity contribution in [1.82, 2.24) is 10.2 Å². The molecule has 1 N–H and O–H groups in total. The Bertz CT molecular complexity index is 215. The Hall–Kier alpha value is -0.570. The molecule has 2 aliphatic rings. The molecule has 0 spiro atoms. The Labute approximate surface area is 79.5 Å². The average Bonchev–Trinajstić information content (AvgIpc) is 2.64. The van der Waals surface area contributed by atoms with E-state index in [1.807, 2.05) is 13.8 Å². The molecule has 2 aliphatic heterocycles. The number of rotatable bonds is 2. The number of fused-ring (bicyclic) bond motifs is 2. The molecule has 2 bridgehead atoms. The summed E-state index contributed by atoms with van der Waals surface area (Å²) in [5, 5.41) is 3.13. The minimum atomic E-state index is 0.120. The van der Waals surface area contributed by atoms with Crippen molar-refractivity contribution in [3.8, 4) is 0 Å². The molecule has 74 valence electrons. The Kier molecular flexibility index (Phi) is 2.28. The topological polar surface area (TPSA) is 32.3 Å². The maximum atomic E-state index is 11.4. The maximum Gasteiger partial charge on any atom is 0.222 e. The van der Waals surface area contributed by atoms with Crippen LogP contribution in [-0.4, -0.2) is 36.5 Å². The lowest BCUT2D eigenvalue weighted by molar-refractivity contribution is -0.125. The second-order valence-electron chi connectivity index (χ2n) is 4.58. The van der Waals surface area contributed by atoms with Crippen molar-refractivity contribution in [2.45, 2.75) is 26.3 Å². The van der Waals surface area contributed by atoms with Gasteiger partial charge in [0.05, 0.1) is 0 Å². The lowest BCUT2D eigenvalue weighted by Crippen LogP contribution is -2.44. The molecule has 3 atom stereocenters. The van der Waals surface area contributed by atoms with Crippen LogP contribution in [0.25, 0.3) is 0 Å². The lowest BCUT2D eigenvalue weighted by Gasteiger charge is -2.23. The Morgan fingerprint density at radius 3 is 2.69 bits per heavy atom. The number of nitrogens with zero attached hydrogens (tertiary/aromatic N) is 1. The molecule has 1 amide bonds.